The van der Waals surface area contributed by atoms with Crippen LogP contribution in [-0.4, -0.2) is 35.3 Å². The molecule has 4 nitrogen and oxygen atoms in total. The van der Waals surface area contributed by atoms with Crippen LogP contribution in [-0.2, 0) is 9.59 Å². The van der Waals surface area contributed by atoms with E-state index in [-0.39, 0.29) is 35.2 Å². The molecule has 1 aromatic rings. The van der Waals surface area contributed by atoms with Gasteiger partial charge in [-0.15, -0.1) is 0 Å². The third kappa shape index (κ3) is 4.91. The van der Waals surface area contributed by atoms with Crippen LogP contribution < -0.4 is 5.32 Å². The number of nitrogens with one attached hydrogen (secondary N) is 1. The maximum Gasteiger partial charge on any atom is 0.243 e. The predicted octanol–water partition coefficient (Wildman–Crippen LogP) is 3.97. The molecule has 2 aliphatic rings. The molecule has 0 aromatic heterocycles. The quantitative estimate of drug-likeness (QED) is 0.853. The van der Waals surface area contributed by atoms with Crippen molar-refractivity contribution in [2.24, 2.45) is 17.3 Å². The minimum atomic E-state index is -0.328. The number of carbonyl (C=O) groups excluding carboxylic acids is 2. The van der Waals surface area contributed by atoms with Gasteiger partial charge in [0.05, 0.1) is 0 Å². The molecule has 148 valence electrons. The third-order valence-corrected chi connectivity index (χ3v) is 5.61. The predicted molar refractivity (Wildman–Crippen MR) is 108 cm³/mol. The van der Waals surface area contributed by atoms with Crippen LogP contribution in [0.5, 0.6) is 0 Å². The summed E-state index contributed by atoms with van der Waals surface area (Å²) in [6.07, 6.45) is 2.51. The Labute approximate surface area is 163 Å². The van der Waals surface area contributed by atoms with E-state index in [0.29, 0.717) is 18.4 Å². The van der Waals surface area contributed by atoms with E-state index in [2.05, 4.69) is 52.1 Å². The molecule has 0 spiro atoms. The Balaban J connectivity index is 1.75. The largest absolute Gasteiger partial charge is 0.350 e. The van der Waals surface area contributed by atoms with Crippen molar-refractivity contribution in [2.45, 2.75) is 71.9 Å². The molecule has 4 atom stereocenters. The van der Waals surface area contributed by atoms with Crippen molar-refractivity contribution in [1.29, 1.82) is 0 Å². The maximum absolute atomic E-state index is 13.3. The minimum Gasteiger partial charge on any atom is -0.350 e. The van der Waals surface area contributed by atoms with E-state index in [4.69, 9.17) is 0 Å². The highest BCUT2D eigenvalue weighted by atomic mass is 16.2. The molecule has 0 radical (unpaired) electrons. The monoisotopic (exact) mass is 370 g/mol. The van der Waals surface area contributed by atoms with E-state index in [1.807, 2.05) is 23.1 Å². The van der Waals surface area contributed by atoms with Crippen molar-refractivity contribution in [3.8, 4) is 0 Å². The van der Waals surface area contributed by atoms with Crippen molar-refractivity contribution >= 4 is 11.8 Å². The summed E-state index contributed by atoms with van der Waals surface area (Å²) in [5.41, 5.74) is 1.35. The van der Waals surface area contributed by atoms with Crippen LogP contribution in [0.15, 0.2) is 30.3 Å². The first-order valence-electron chi connectivity index (χ1n) is 10.3. The summed E-state index contributed by atoms with van der Waals surface area (Å²) >= 11 is 0. The normalized spacial score (nSPS) is 28.2. The molecule has 27 heavy (non-hydrogen) atoms. The molecule has 4 heteroatoms. The van der Waals surface area contributed by atoms with Crippen LogP contribution in [0.25, 0.3) is 0 Å². The van der Waals surface area contributed by atoms with Crippen LogP contribution in [0, 0.1) is 17.3 Å². The van der Waals surface area contributed by atoms with Gasteiger partial charge in [0.25, 0.3) is 0 Å². The first kappa shape index (κ1) is 19.9. The Hall–Kier alpha value is -1.84. The van der Waals surface area contributed by atoms with Crippen LogP contribution in [0.4, 0.5) is 0 Å². The average molecular weight is 371 g/mol. The average Bonchev–Trinajstić information content (AvgIpc) is 3.36. The fourth-order valence-electron chi connectivity index (χ4n) is 4.38. The van der Waals surface area contributed by atoms with Crippen LogP contribution in [0.2, 0.25) is 0 Å². The Morgan fingerprint density at radius 1 is 1.22 bits per heavy atom. The van der Waals surface area contributed by atoms with Gasteiger partial charge in [-0.2, -0.15) is 0 Å². The highest BCUT2D eigenvalue weighted by molar-refractivity contribution is 5.91. The zero-order chi connectivity index (χ0) is 19.8. The fraction of sp³-hybridized carbons (Fsp3) is 0.652. The summed E-state index contributed by atoms with van der Waals surface area (Å²) in [5, 5.41) is 3.18. The van der Waals surface area contributed by atoms with Crippen molar-refractivity contribution < 1.29 is 9.59 Å². The molecule has 0 bridgehead atoms. The lowest BCUT2D eigenvalue weighted by Crippen LogP contribution is -2.62. The lowest BCUT2D eigenvalue weighted by atomic mass is 9.86. The minimum absolute atomic E-state index is 0.0226. The van der Waals surface area contributed by atoms with Gasteiger partial charge < -0.3 is 10.2 Å². The summed E-state index contributed by atoms with van der Waals surface area (Å²) in [6, 6.07) is 10.00. The highest BCUT2D eigenvalue weighted by Gasteiger charge is 2.49. The molecule has 1 saturated heterocycles. The number of rotatable bonds is 5. The maximum atomic E-state index is 13.3. The van der Waals surface area contributed by atoms with Gasteiger partial charge in [0.15, 0.2) is 0 Å². The van der Waals surface area contributed by atoms with Gasteiger partial charge in [-0.05, 0) is 42.1 Å². The third-order valence-electron chi connectivity index (χ3n) is 5.61. The molecular formula is C23H34N2O2. The Kier molecular flexibility index (Phi) is 5.64. The van der Waals surface area contributed by atoms with Gasteiger partial charge in [0.2, 0.25) is 11.8 Å². The molecule has 1 N–H and O–H groups in total. The van der Waals surface area contributed by atoms with Gasteiger partial charge in [0.1, 0.15) is 6.04 Å². The van der Waals surface area contributed by atoms with Crippen molar-refractivity contribution in [2.75, 3.05) is 6.54 Å². The summed E-state index contributed by atoms with van der Waals surface area (Å²) in [6.45, 7) is 11.4. The summed E-state index contributed by atoms with van der Waals surface area (Å²) in [4.78, 5) is 28.1. The summed E-state index contributed by atoms with van der Waals surface area (Å²) in [5.74, 6) is 0.907. The summed E-state index contributed by atoms with van der Waals surface area (Å²) < 4.78 is 0. The van der Waals surface area contributed by atoms with Crippen LogP contribution >= 0.6 is 0 Å². The van der Waals surface area contributed by atoms with Crippen LogP contribution in [0.1, 0.15) is 65.4 Å². The number of amides is 2. The van der Waals surface area contributed by atoms with Gasteiger partial charge in [0, 0.05) is 18.5 Å². The lowest BCUT2D eigenvalue weighted by molar-refractivity contribution is -0.146. The standard InChI is InChI=1S/C23H34N2O2/c1-15(2)11-20-21(26)24-17(13-23(3,4)5)14-25(20)22(27)19-12-18(19)16-9-7-6-8-10-16/h6-10,15,17-20H,11-14H2,1-5H3,(H,24,26)/t17-,18-,19+,20-/m0/s1. The zero-order valence-electron chi connectivity index (χ0n) is 17.4. The molecule has 0 unspecified atom stereocenters. The summed E-state index contributed by atoms with van der Waals surface area (Å²) in [7, 11) is 0. The van der Waals surface area contributed by atoms with E-state index in [1.54, 1.807) is 0 Å². The first-order valence-corrected chi connectivity index (χ1v) is 10.3. The second kappa shape index (κ2) is 7.65. The fourth-order valence-corrected chi connectivity index (χ4v) is 4.38. The van der Waals surface area contributed by atoms with Crippen molar-refractivity contribution in [3.63, 3.8) is 0 Å². The highest BCUT2D eigenvalue weighted by Crippen LogP contribution is 2.49. The Morgan fingerprint density at radius 2 is 1.89 bits per heavy atom. The van der Waals surface area contributed by atoms with E-state index in [9.17, 15) is 9.59 Å². The number of carbonyl (C=O) groups is 2. The van der Waals surface area contributed by atoms with Gasteiger partial charge in [-0.1, -0.05) is 65.0 Å². The van der Waals surface area contributed by atoms with Crippen molar-refractivity contribution in [1.82, 2.24) is 10.2 Å². The second-order valence-corrected chi connectivity index (χ2v) is 9.97. The molecule has 1 saturated carbocycles. The topological polar surface area (TPSA) is 49.4 Å². The molecule has 1 aromatic carbocycles. The molecule has 3 rings (SSSR count). The lowest BCUT2D eigenvalue weighted by Gasteiger charge is -2.42. The van der Waals surface area contributed by atoms with E-state index in [0.717, 1.165) is 19.3 Å². The molecule has 1 aliphatic carbocycles. The van der Waals surface area contributed by atoms with E-state index in [1.165, 1.54) is 5.56 Å². The van der Waals surface area contributed by atoms with Crippen LogP contribution in [0.3, 0.4) is 0 Å². The number of hydrogen-bond acceptors (Lipinski definition) is 2. The van der Waals surface area contributed by atoms with Gasteiger partial charge in [-0.25, -0.2) is 0 Å². The van der Waals surface area contributed by atoms with Gasteiger partial charge >= 0.3 is 0 Å². The number of hydrogen-bond donors (Lipinski definition) is 1. The zero-order valence-corrected chi connectivity index (χ0v) is 17.4. The Bertz CT molecular complexity index is 677. The number of piperazine rings is 1. The number of benzene rings is 1. The smallest absolute Gasteiger partial charge is 0.243 e. The van der Waals surface area contributed by atoms with E-state index < -0.39 is 0 Å². The van der Waals surface area contributed by atoms with E-state index >= 15 is 0 Å². The molecular weight excluding hydrogens is 336 g/mol. The molecule has 2 fully saturated rings. The second-order valence-electron chi connectivity index (χ2n) is 9.97. The van der Waals surface area contributed by atoms with Crippen molar-refractivity contribution in [3.05, 3.63) is 35.9 Å². The van der Waals surface area contributed by atoms with Gasteiger partial charge in [-0.3, -0.25) is 9.59 Å². The first-order chi connectivity index (χ1) is 12.7. The molecule has 2 amide bonds. The molecule has 1 heterocycles. The molecule has 1 aliphatic heterocycles. The number of nitrogens with zero attached hydrogens (tertiary/aromatic N) is 1. The SMILES string of the molecule is CC(C)C[C@H]1C(=O)N[C@@H](CC(C)(C)C)CN1C(=O)[C@@H]1C[C@H]1c1ccccc1. The Morgan fingerprint density at radius 3 is 2.48 bits per heavy atom.